The Balaban J connectivity index is 0.000000197. The molecule has 2 saturated heterocycles. The Morgan fingerprint density at radius 2 is 1.77 bits per heavy atom. The molecule has 0 bridgehead atoms. The molecule has 3 rings (SSSR count). The van der Waals surface area contributed by atoms with Crippen LogP contribution in [-0.2, 0) is 14.2 Å². The molecule has 0 amide bonds. The summed E-state index contributed by atoms with van der Waals surface area (Å²) in [5.74, 6) is 0. The summed E-state index contributed by atoms with van der Waals surface area (Å²) in [6, 6.07) is 0.291. The summed E-state index contributed by atoms with van der Waals surface area (Å²) in [7, 11) is 0. The predicted octanol–water partition coefficient (Wildman–Crippen LogP) is -1.46. The Bertz CT molecular complexity index is 403. The number of hydrogen-bond donors (Lipinski definition) is 6. The Labute approximate surface area is 154 Å². The van der Waals surface area contributed by atoms with Crippen LogP contribution in [0.1, 0.15) is 44.9 Å². The minimum absolute atomic E-state index is 0.0211. The summed E-state index contributed by atoms with van der Waals surface area (Å²) in [4.78, 5) is 0. The van der Waals surface area contributed by atoms with Crippen LogP contribution >= 0.6 is 0 Å². The van der Waals surface area contributed by atoms with Gasteiger partial charge in [-0.1, -0.05) is 0 Å². The minimum atomic E-state index is -1.01. The van der Waals surface area contributed by atoms with Crippen molar-refractivity contribution in [1.82, 2.24) is 0 Å². The zero-order chi connectivity index (χ0) is 19.1. The van der Waals surface area contributed by atoms with Crippen molar-refractivity contribution in [3.8, 4) is 0 Å². The average Bonchev–Trinajstić information content (AvgIpc) is 3.06. The van der Waals surface area contributed by atoms with E-state index in [-0.39, 0.29) is 38.1 Å². The zero-order valence-electron chi connectivity index (χ0n) is 15.2. The van der Waals surface area contributed by atoms with Crippen molar-refractivity contribution in [1.29, 1.82) is 0 Å². The van der Waals surface area contributed by atoms with E-state index in [0.717, 1.165) is 38.5 Å². The first-order valence-corrected chi connectivity index (χ1v) is 9.50. The lowest BCUT2D eigenvalue weighted by Gasteiger charge is -2.34. The number of ether oxygens (including phenoxy) is 3. The maximum atomic E-state index is 9.19. The molecule has 9 nitrogen and oxygen atoms in total. The lowest BCUT2D eigenvalue weighted by molar-refractivity contribution is -0.228. The average molecular weight is 378 g/mol. The molecule has 3 aliphatic rings. The molecule has 0 aromatic carbocycles. The Kier molecular flexibility index (Phi) is 9.15. The molecule has 0 radical (unpaired) electrons. The molecule has 0 aromatic heterocycles. The molecule has 26 heavy (non-hydrogen) atoms. The maximum absolute atomic E-state index is 9.19. The SMILES string of the molecule is NC1CCCC(OC2CCC(CO)O2)C1.NC[C@@H]1O[C@H](O)CC(O)[C@@H]1O. The van der Waals surface area contributed by atoms with Crippen LogP contribution in [0.15, 0.2) is 0 Å². The van der Waals surface area contributed by atoms with E-state index in [1.165, 1.54) is 0 Å². The fourth-order valence-electron chi connectivity index (χ4n) is 3.55. The smallest absolute Gasteiger partial charge is 0.158 e. The summed E-state index contributed by atoms with van der Waals surface area (Å²) >= 11 is 0. The van der Waals surface area contributed by atoms with Gasteiger partial charge in [-0.25, -0.2) is 0 Å². The highest BCUT2D eigenvalue weighted by Crippen LogP contribution is 2.26. The molecule has 0 aromatic rings. The maximum Gasteiger partial charge on any atom is 0.158 e. The summed E-state index contributed by atoms with van der Waals surface area (Å²) in [6.07, 6.45) is 2.69. The first-order valence-electron chi connectivity index (χ1n) is 9.50. The van der Waals surface area contributed by atoms with Crippen LogP contribution in [0.4, 0.5) is 0 Å². The van der Waals surface area contributed by atoms with Crippen molar-refractivity contribution in [2.75, 3.05) is 13.2 Å². The van der Waals surface area contributed by atoms with Crippen molar-refractivity contribution in [3.05, 3.63) is 0 Å². The second kappa shape index (κ2) is 10.8. The van der Waals surface area contributed by atoms with Crippen LogP contribution in [0.3, 0.4) is 0 Å². The number of nitrogens with two attached hydrogens (primary N) is 2. The third-order valence-corrected chi connectivity index (χ3v) is 5.07. The van der Waals surface area contributed by atoms with Gasteiger partial charge in [-0.2, -0.15) is 0 Å². The van der Waals surface area contributed by atoms with Gasteiger partial charge in [0.1, 0.15) is 12.2 Å². The third-order valence-electron chi connectivity index (χ3n) is 5.07. The van der Waals surface area contributed by atoms with Crippen LogP contribution in [0.2, 0.25) is 0 Å². The number of aliphatic hydroxyl groups is 4. The second-order valence-electron chi connectivity index (χ2n) is 7.29. The van der Waals surface area contributed by atoms with E-state index in [1.807, 2.05) is 0 Å². The van der Waals surface area contributed by atoms with Crippen molar-refractivity contribution in [2.45, 2.75) is 94.1 Å². The number of aliphatic hydroxyl groups excluding tert-OH is 4. The Hall–Kier alpha value is -0.360. The normalized spacial score (nSPS) is 43.6. The largest absolute Gasteiger partial charge is 0.394 e. The van der Waals surface area contributed by atoms with Gasteiger partial charge in [-0.05, 0) is 32.1 Å². The molecule has 1 aliphatic carbocycles. The van der Waals surface area contributed by atoms with Gasteiger partial charge in [0.25, 0.3) is 0 Å². The summed E-state index contributed by atoms with van der Waals surface area (Å²) < 4.78 is 16.2. The van der Waals surface area contributed by atoms with Crippen molar-refractivity contribution < 1.29 is 34.6 Å². The van der Waals surface area contributed by atoms with Crippen molar-refractivity contribution in [3.63, 3.8) is 0 Å². The fraction of sp³-hybridized carbons (Fsp3) is 1.00. The van der Waals surface area contributed by atoms with Gasteiger partial charge in [0.15, 0.2) is 12.6 Å². The third kappa shape index (κ3) is 6.66. The Morgan fingerprint density at radius 1 is 1.00 bits per heavy atom. The van der Waals surface area contributed by atoms with Crippen molar-refractivity contribution in [2.24, 2.45) is 11.5 Å². The van der Waals surface area contributed by atoms with E-state index in [1.54, 1.807) is 0 Å². The monoisotopic (exact) mass is 378 g/mol. The molecule has 2 aliphatic heterocycles. The van der Waals surface area contributed by atoms with Gasteiger partial charge in [0.05, 0.1) is 24.9 Å². The molecule has 8 atom stereocenters. The van der Waals surface area contributed by atoms with Gasteiger partial charge in [0.2, 0.25) is 0 Å². The Morgan fingerprint density at radius 3 is 2.38 bits per heavy atom. The minimum Gasteiger partial charge on any atom is -0.394 e. The lowest BCUT2D eigenvalue weighted by atomic mass is 9.93. The molecule has 9 heteroatoms. The van der Waals surface area contributed by atoms with Crippen LogP contribution in [0.5, 0.6) is 0 Å². The van der Waals surface area contributed by atoms with E-state index in [0.29, 0.717) is 6.04 Å². The highest BCUT2D eigenvalue weighted by molar-refractivity contribution is 4.82. The summed E-state index contributed by atoms with van der Waals surface area (Å²) in [5, 5.41) is 36.2. The first-order chi connectivity index (χ1) is 12.4. The predicted molar refractivity (Wildman–Crippen MR) is 92.9 cm³/mol. The topological polar surface area (TPSA) is 161 Å². The first kappa shape index (κ1) is 21.9. The highest BCUT2D eigenvalue weighted by Gasteiger charge is 2.34. The molecular formula is C17H34N2O7. The molecule has 1 saturated carbocycles. The highest BCUT2D eigenvalue weighted by atomic mass is 16.7. The van der Waals surface area contributed by atoms with Gasteiger partial charge >= 0.3 is 0 Å². The summed E-state index contributed by atoms with van der Waals surface area (Å²) in [6.45, 7) is 0.194. The second-order valence-corrected chi connectivity index (χ2v) is 7.29. The van der Waals surface area contributed by atoms with Crippen molar-refractivity contribution >= 4 is 0 Å². The van der Waals surface area contributed by atoms with Gasteiger partial charge in [0, 0.05) is 25.4 Å². The van der Waals surface area contributed by atoms with E-state index >= 15 is 0 Å². The molecule has 5 unspecified atom stereocenters. The number of rotatable bonds is 4. The number of hydrogen-bond acceptors (Lipinski definition) is 9. The van der Waals surface area contributed by atoms with E-state index in [9.17, 15) is 5.11 Å². The van der Waals surface area contributed by atoms with Gasteiger partial charge in [-0.15, -0.1) is 0 Å². The molecule has 3 fully saturated rings. The molecule has 154 valence electrons. The standard InChI is InChI=1S/C11H21NO3.C6H13NO4/c12-8-2-1-3-9(6-8)14-11-5-4-10(7-13)15-11;7-2-4-6(10)3(8)1-5(9)11-4/h8-11,13H,1-7,12H2;3-6,8-10H,1-2,7H2/t;3?,4-,5-,6-/m.0/s1. The van der Waals surface area contributed by atoms with Crippen LogP contribution < -0.4 is 11.5 Å². The van der Waals surface area contributed by atoms with Crippen LogP contribution in [0.25, 0.3) is 0 Å². The zero-order valence-corrected chi connectivity index (χ0v) is 15.2. The molecule has 0 spiro atoms. The molecular weight excluding hydrogens is 344 g/mol. The quantitative estimate of drug-likeness (QED) is 0.343. The van der Waals surface area contributed by atoms with Crippen LogP contribution in [0, 0.1) is 0 Å². The fourth-order valence-corrected chi connectivity index (χ4v) is 3.55. The van der Waals surface area contributed by atoms with Gasteiger partial charge in [-0.3, -0.25) is 0 Å². The van der Waals surface area contributed by atoms with Gasteiger partial charge < -0.3 is 46.1 Å². The molecule has 2 heterocycles. The van der Waals surface area contributed by atoms with Crippen LogP contribution in [-0.4, -0.2) is 82.7 Å². The molecule has 8 N–H and O–H groups in total. The van der Waals surface area contributed by atoms with E-state index in [2.05, 4.69) is 0 Å². The van der Waals surface area contributed by atoms with E-state index in [4.69, 9.17) is 41.0 Å². The summed E-state index contributed by atoms with van der Waals surface area (Å²) in [5.41, 5.74) is 11.1. The van der Waals surface area contributed by atoms with E-state index < -0.39 is 24.6 Å². The lowest BCUT2D eigenvalue weighted by Crippen LogP contribution is -2.51.